The van der Waals surface area contributed by atoms with Crippen LogP contribution in [-0.4, -0.2) is 37.3 Å². The van der Waals surface area contributed by atoms with Crippen molar-refractivity contribution in [1.29, 1.82) is 0 Å². The highest BCUT2D eigenvalue weighted by Crippen LogP contribution is 2.30. The zero-order chi connectivity index (χ0) is 14.0. The fourth-order valence-electron chi connectivity index (χ4n) is 2.50. The molecule has 106 valence electrons. The van der Waals surface area contributed by atoms with E-state index in [0.717, 1.165) is 12.8 Å². The summed E-state index contributed by atoms with van der Waals surface area (Å²) in [5, 5.41) is 2.92. The number of piperidine rings is 1. The van der Waals surface area contributed by atoms with Crippen LogP contribution in [0.25, 0.3) is 0 Å². The summed E-state index contributed by atoms with van der Waals surface area (Å²) in [7, 11) is -1.76. The van der Waals surface area contributed by atoms with Gasteiger partial charge < -0.3 is 5.32 Å². The van der Waals surface area contributed by atoms with Crippen LogP contribution in [0.3, 0.4) is 0 Å². The number of hydrogen-bond acceptors (Lipinski definition) is 4. The molecule has 0 radical (unpaired) electrons. The highest BCUT2D eigenvalue weighted by atomic mass is 32.2. The van der Waals surface area contributed by atoms with Gasteiger partial charge in [0.2, 0.25) is 10.0 Å². The van der Waals surface area contributed by atoms with Crippen LogP contribution in [0.1, 0.15) is 26.7 Å². The minimum atomic E-state index is -3.48. The van der Waals surface area contributed by atoms with E-state index in [0.29, 0.717) is 18.2 Å². The highest BCUT2D eigenvalue weighted by molar-refractivity contribution is 7.89. The Labute approximate surface area is 115 Å². The van der Waals surface area contributed by atoms with Crippen molar-refractivity contribution in [2.45, 2.75) is 37.6 Å². The van der Waals surface area contributed by atoms with E-state index >= 15 is 0 Å². The molecule has 19 heavy (non-hydrogen) atoms. The fraction of sp³-hybridized carbons (Fsp3) is 0.615. The molecule has 1 fully saturated rings. The van der Waals surface area contributed by atoms with E-state index in [4.69, 9.17) is 0 Å². The summed E-state index contributed by atoms with van der Waals surface area (Å²) in [4.78, 5) is 4.22. The molecular formula is C13H21N3O2S. The Bertz CT molecular complexity index is 545. The second-order valence-electron chi connectivity index (χ2n) is 5.23. The van der Waals surface area contributed by atoms with E-state index in [1.807, 2.05) is 6.92 Å². The van der Waals surface area contributed by atoms with E-state index in [-0.39, 0.29) is 10.9 Å². The Morgan fingerprint density at radius 3 is 2.79 bits per heavy atom. The van der Waals surface area contributed by atoms with Gasteiger partial charge in [-0.2, -0.15) is 4.31 Å². The van der Waals surface area contributed by atoms with Crippen LogP contribution in [-0.2, 0) is 10.0 Å². The van der Waals surface area contributed by atoms with Crippen molar-refractivity contribution < 1.29 is 8.42 Å². The molecule has 1 N–H and O–H groups in total. The molecule has 5 nitrogen and oxygen atoms in total. The number of nitrogens with zero attached hydrogens (tertiary/aromatic N) is 2. The maximum atomic E-state index is 12.8. The van der Waals surface area contributed by atoms with Crippen LogP contribution < -0.4 is 5.32 Å². The number of hydrogen-bond donors (Lipinski definition) is 1. The number of rotatable bonds is 3. The van der Waals surface area contributed by atoms with Crippen molar-refractivity contribution in [1.82, 2.24) is 9.29 Å². The van der Waals surface area contributed by atoms with Crippen LogP contribution in [0, 0.1) is 5.92 Å². The second kappa shape index (κ2) is 5.46. The first-order valence-corrected chi connectivity index (χ1v) is 8.04. The summed E-state index contributed by atoms with van der Waals surface area (Å²) >= 11 is 0. The van der Waals surface area contributed by atoms with Crippen molar-refractivity contribution in [2.24, 2.45) is 5.92 Å². The summed E-state index contributed by atoms with van der Waals surface area (Å²) in [6.45, 7) is 4.65. The molecule has 1 saturated heterocycles. The van der Waals surface area contributed by atoms with Gasteiger partial charge in [-0.15, -0.1) is 0 Å². The van der Waals surface area contributed by atoms with E-state index < -0.39 is 10.0 Å². The Balaban J connectivity index is 2.41. The molecular weight excluding hydrogens is 262 g/mol. The summed E-state index contributed by atoms with van der Waals surface area (Å²) < 4.78 is 27.1. The lowest BCUT2D eigenvalue weighted by Gasteiger charge is -2.35. The minimum Gasteiger partial charge on any atom is -0.387 e. The third-order valence-electron chi connectivity index (χ3n) is 3.70. The largest absolute Gasteiger partial charge is 0.387 e. The molecule has 1 aromatic heterocycles. The summed E-state index contributed by atoms with van der Waals surface area (Å²) in [6, 6.07) is 1.73. The normalized spacial score (nSPS) is 25.2. The quantitative estimate of drug-likeness (QED) is 0.920. The van der Waals surface area contributed by atoms with Gasteiger partial charge in [-0.25, -0.2) is 8.42 Å². The predicted molar refractivity (Wildman–Crippen MR) is 75.5 cm³/mol. The first kappa shape index (κ1) is 14.3. The predicted octanol–water partition coefficient (Wildman–Crippen LogP) is 1.93. The molecule has 1 aliphatic heterocycles. The number of sulfonamides is 1. The van der Waals surface area contributed by atoms with Crippen LogP contribution in [0.2, 0.25) is 0 Å². The lowest BCUT2D eigenvalue weighted by Crippen LogP contribution is -2.44. The smallest absolute Gasteiger partial charge is 0.246 e. The van der Waals surface area contributed by atoms with Gasteiger partial charge in [-0.1, -0.05) is 6.92 Å². The van der Waals surface area contributed by atoms with Gasteiger partial charge in [0, 0.05) is 32.0 Å². The first-order valence-electron chi connectivity index (χ1n) is 6.60. The molecule has 2 heterocycles. The van der Waals surface area contributed by atoms with E-state index in [1.54, 1.807) is 23.6 Å². The molecule has 6 heteroatoms. The molecule has 0 spiro atoms. The zero-order valence-electron chi connectivity index (χ0n) is 11.6. The van der Waals surface area contributed by atoms with Crippen molar-refractivity contribution in [3.8, 4) is 0 Å². The number of anilines is 1. The summed E-state index contributed by atoms with van der Waals surface area (Å²) in [5.74, 6) is 0.403. The van der Waals surface area contributed by atoms with Gasteiger partial charge in [0.05, 0.1) is 5.69 Å². The van der Waals surface area contributed by atoms with Crippen molar-refractivity contribution in [3.05, 3.63) is 18.5 Å². The number of nitrogens with one attached hydrogen (secondary N) is 1. The second-order valence-corrected chi connectivity index (χ2v) is 7.09. The maximum Gasteiger partial charge on any atom is 0.246 e. The Hall–Kier alpha value is -1.14. The molecule has 1 aromatic rings. The molecule has 0 saturated carbocycles. The molecule has 0 bridgehead atoms. The minimum absolute atomic E-state index is 0.0473. The van der Waals surface area contributed by atoms with Gasteiger partial charge in [0.15, 0.2) is 0 Å². The van der Waals surface area contributed by atoms with E-state index in [1.165, 1.54) is 6.20 Å². The highest BCUT2D eigenvalue weighted by Gasteiger charge is 2.34. The Morgan fingerprint density at radius 2 is 2.11 bits per heavy atom. The third kappa shape index (κ3) is 2.74. The molecule has 2 atom stereocenters. The van der Waals surface area contributed by atoms with Gasteiger partial charge in [-0.05, 0) is 31.7 Å². The van der Waals surface area contributed by atoms with Crippen LogP contribution in [0.15, 0.2) is 23.4 Å². The van der Waals surface area contributed by atoms with Crippen molar-refractivity contribution in [2.75, 3.05) is 18.9 Å². The van der Waals surface area contributed by atoms with Crippen LogP contribution >= 0.6 is 0 Å². The van der Waals surface area contributed by atoms with Crippen molar-refractivity contribution >= 4 is 15.7 Å². The van der Waals surface area contributed by atoms with Crippen LogP contribution in [0.4, 0.5) is 5.69 Å². The lowest BCUT2D eigenvalue weighted by molar-refractivity contribution is 0.218. The number of pyridine rings is 1. The van der Waals surface area contributed by atoms with Gasteiger partial charge in [0.25, 0.3) is 0 Å². The average molecular weight is 283 g/mol. The Morgan fingerprint density at radius 1 is 1.37 bits per heavy atom. The molecule has 2 unspecified atom stereocenters. The standard InChI is InChI=1S/C13H21N3O2S/c1-10-4-5-11(2)16(9-10)19(17,18)13-8-15-7-6-12(13)14-3/h6-8,10-11H,4-5,9H2,1-3H3,(H,14,15). The molecule has 0 aromatic carbocycles. The zero-order valence-corrected chi connectivity index (χ0v) is 12.4. The number of aromatic nitrogens is 1. The summed E-state index contributed by atoms with van der Waals surface area (Å²) in [5.41, 5.74) is 0.598. The molecule has 2 rings (SSSR count). The molecule has 0 amide bonds. The maximum absolute atomic E-state index is 12.8. The SMILES string of the molecule is CNc1ccncc1S(=O)(=O)N1CC(C)CCC1C. The van der Waals surface area contributed by atoms with Crippen molar-refractivity contribution in [3.63, 3.8) is 0 Å². The average Bonchev–Trinajstić information content (AvgIpc) is 2.41. The lowest BCUT2D eigenvalue weighted by atomic mass is 9.97. The fourth-order valence-corrected chi connectivity index (χ4v) is 4.43. The summed E-state index contributed by atoms with van der Waals surface area (Å²) in [6.07, 6.45) is 5.01. The topological polar surface area (TPSA) is 62.3 Å². The third-order valence-corrected chi connectivity index (χ3v) is 5.71. The van der Waals surface area contributed by atoms with Gasteiger partial charge >= 0.3 is 0 Å². The molecule has 0 aliphatic carbocycles. The Kier molecular flexibility index (Phi) is 4.10. The molecule has 1 aliphatic rings. The van der Waals surface area contributed by atoms with Crippen LogP contribution in [0.5, 0.6) is 0 Å². The monoisotopic (exact) mass is 283 g/mol. The van der Waals surface area contributed by atoms with Gasteiger partial charge in [0.1, 0.15) is 4.90 Å². The van der Waals surface area contributed by atoms with Gasteiger partial charge in [-0.3, -0.25) is 4.98 Å². The van der Waals surface area contributed by atoms with E-state index in [9.17, 15) is 8.42 Å². The first-order chi connectivity index (χ1) is 8.96. The van der Waals surface area contributed by atoms with E-state index in [2.05, 4.69) is 17.2 Å².